The third-order valence-electron chi connectivity index (χ3n) is 3.40. The highest BCUT2D eigenvalue weighted by molar-refractivity contribution is 6.30. The minimum Gasteiger partial charge on any atom is -0.481 e. The maximum atomic E-state index is 11.2. The van der Waals surface area contributed by atoms with Gasteiger partial charge in [-0.05, 0) is 24.5 Å². The molecular weight excluding hydrogens is 240 g/mol. The van der Waals surface area contributed by atoms with Gasteiger partial charge in [0.15, 0.2) is 0 Å². The first-order chi connectivity index (χ1) is 8.09. The maximum absolute atomic E-state index is 11.2. The second-order valence-corrected chi connectivity index (χ2v) is 4.90. The molecular formula is C12H15ClN2O2. The number of hydrogen-bond acceptors (Lipinski definition) is 3. The first kappa shape index (κ1) is 12.2. The lowest BCUT2D eigenvalue weighted by atomic mass is 9.75. The number of aliphatic carboxylic acids is 1. The van der Waals surface area contributed by atoms with Crippen molar-refractivity contribution in [3.8, 4) is 0 Å². The molecule has 2 atom stereocenters. The van der Waals surface area contributed by atoms with Gasteiger partial charge in [-0.3, -0.25) is 4.79 Å². The zero-order valence-electron chi connectivity index (χ0n) is 9.40. The third-order valence-corrected chi connectivity index (χ3v) is 3.61. The Morgan fingerprint density at radius 1 is 1.47 bits per heavy atom. The van der Waals surface area contributed by atoms with Crippen molar-refractivity contribution in [2.75, 3.05) is 5.73 Å². The molecule has 1 aliphatic carbocycles. The molecule has 1 heterocycles. The molecule has 4 nitrogen and oxygen atoms in total. The van der Waals surface area contributed by atoms with Crippen molar-refractivity contribution in [3.05, 3.63) is 22.8 Å². The Kier molecular flexibility index (Phi) is 3.52. The average molecular weight is 255 g/mol. The minimum absolute atomic E-state index is 0.0625. The Hall–Kier alpha value is -1.29. The number of carboxylic acids is 1. The minimum atomic E-state index is -0.755. The number of rotatable bonds is 2. The lowest BCUT2D eigenvalue weighted by Crippen LogP contribution is -2.26. The van der Waals surface area contributed by atoms with Crippen molar-refractivity contribution in [2.45, 2.75) is 31.6 Å². The smallest absolute Gasteiger partial charge is 0.307 e. The van der Waals surface area contributed by atoms with E-state index in [1.807, 2.05) is 0 Å². The lowest BCUT2D eigenvalue weighted by Gasteiger charge is -2.29. The van der Waals surface area contributed by atoms with Gasteiger partial charge >= 0.3 is 5.97 Å². The molecule has 92 valence electrons. The monoisotopic (exact) mass is 254 g/mol. The lowest BCUT2D eigenvalue weighted by molar-refractivity contribution is -0.143. The molecule has 0 aliphatic heterocycles. The molecule has 0 aromatic carbocycles. The summed E-state index contributed by atoms with van der Waals surface area (Å²) in [6.07, 6.45) is 5.01. The van der Waals surface area contributed by atoms with Crippen LogP contribution in [-0.2, 0) is 4.79 Å². The second-order valence-electron chi connectivity index (χ2n) is 4.46. The molecule has 3 N–H and O–H groups in total. The molecule has 1 aliphatic rings. The molecule has 0 amide bonds. The molecule has 0 bridgehead atoms. The van der Waals surface area contributed by atoms with E-state index in [1.54, 1.807) is 6.07 Å². The molecule has 5 heteroatoms. The molecule has 0 radical (unpaired) electrons. The molecule has 1 aromatic rings. The summed E-state index contributed by atoms with van der Waals surface area (Å²) in [5, 5.41) is 9.74. The molecule has 2 rings (SSSR count). The van der Waals surface area contributed by atoms with Gasteiger partial charge in [0.25, 0.3) is 0 Å². The number of nitrogens with zero attached hydrogens (tertiary/aromatic N) is 1. The van der Waals surface area contributed by atoms with Crippen LogP contribution in [0.2, 0.25) is 5.02 Å². The fraction of sp³-hybridized carbons (Fsp3) is 0.500. The number of pyridine rings is 1. The van der Waals surface area contributed by atoms with Crippen LogP contribution >= 0.6 is 11.6 Å². The van der Waals surface area contributed by atoms with E-state index < -0.39 is 5.97 Å². The number of halogens is 1. The number of aromatic nitrogens is 1. The van der Waals surface area contributed by atoms with Gasteiger partial charge in [-0.25, -0.2) is 4.98 Å². The number of nitrogen functional groups attached to an aromatic ring is 1. The first-order valence-corrected chi connectivity index (χ1v) is 6.11. The Bertz CT molecular complexity index is 437. The van der Waals surface area contributed by atoms with Gasteiger partial charge in [-0.15, -0.1) is 0 Å². The van der Waals surface area contributed by atoms with E-state index in [2.05, 4.69) is 4.98 Å². The summed E-state index contributed by atoms with van der Waals surface area (Å²) >= 11 is 5.90. The summed E-state index contributed by atoms with van der Waals surface area (Å²) in [4.78, 5) is 15.2. The molecule has 1 fully saturated rings. The number of carbonyl (C=O) groups is 1. The number of hydrogen-bond donors (Lipinski definition) is 2. The van der Waals surface area contributed by atoms with Gasteiger partial charge < -0.3 is 10.8 Å². The normalized spacial score (nSPS) is 24.5. The van der Waals surface area contributed by atoms with Gasteiger partial charge in [0.05, 0.1) is 10.9 Å². The predicted octanol–water partition coefficient (Wildman–Crippen LogP) is 2.68. The summed E-state index contributed by atoms with van der Waals surface area (Å²) in [5.41, 5.74) is 6.60. The maximum Gasteiger partial charge on any atom is 0.307 e. The van der Waals surface area contributed by atoms with Crippen LogP contribution in [0.1, 0.15) is 37.2 Å². The van der Waals surface area contributed by atoms with Crippen LogP contribution in [0.15, 0.2) is 12.3 Å². The summed E-state index contributed by atoms with van der Waals surface area (Å²) in [7, 11) is 0. The van der Waals surface area contributed by atoms with Crippen LogP contribution in [0.4, 0.5) is 5.82 Å². The van der Waals surface area contributed by atoms with Gasteiger partial charge in [-0.2, -0.15) is 0 Å². The van der Waals surface area contributed by atoms with Crippen molar-refractivity contribution >= 4 is 23.4 Å². The highest BCUT2D eigenvalue weighted by Gasteiger charge is 2.33. The zero-order chi connectivity index (χ0) is 12.4. The molecule has 17 heavy (non-hydrogen) atoms. The number of anilines is 1. The SMILES string of the molecule is Nc1ncc(Cl)cc1C1CCCCC1C(=O)O. The van der Waals surface area contributed by atoms with E-state index in [0.29, 0.717) is 17.3 Å². The quantitative estimate of drug-likeness (QED) is 0.851. The van der Waals surface area contributed by atoms with Crippen LogP contribution in [0.5, 0.6) is 0 Å². The van der Waals surface area contributed by atoms with Crippen LogP contribution < -0.4 is 5.73 Å². The van der Waals surface area contributed by atoms with Gasteiger partial charge in [0.1, 0.15) is 5.82 Å². The second kappa shape index (κ2) is 4.92. The van der Waals surface area contributed by atoms with Crippen molar-refractivity contribution < 1.29 is 9.90 Å². The van der Waals surface area contributed by atoms with E-state index in [4.69, 9.17) is 17.3 Å². The average Bonchev–Trinajstić information content (AvgIpc) is 2.32. The fourth-order valence-electron chi connectivity index (χ4n) is 2.56. The predicted molar refractivity (Wildman–Crippen MR) is 66.0 cm³/mol. The van der Waals surface area contributed by atoms with Crippen LogP contribution in [0.3, 0.4) is 0 Å². The van der Waals surface area contributed by atoms with E-state index in [0.717, 1.165) is 24.8 Å². The van der Waals surface area contributed by atoms with Crippen molar-refractivity contribution in [3.63, 3.8) is 0 Å². The van der Waals surface area contributed by atoms with E-state index in [9.17, 15) is 9.90 Å². The number of carboxylic acid groups (broad SMARTS) is 1. The summed E-state index contributed by atoms with van der Waals surface area (Å²) in [6.45, 7) is 0. The van der Waals surface area contributed by atoms with Crippen molar-refractivity contribution in [1.82, 2.24) is 4.98 Å². The Morgan fingerprint density at radius 3 is 2.88 bits per heavy atom. The van der Waals surface area contributed by atoms with E-state index >= 15 is 0 Å². The van der Waals surface area contributed by atoms with Gasteiger partial charge in [-0.1, -0.05) is 24.4 Å². The zero-order valence-corrected chi connectivity index (χ0v) is 10.2. The van der Waals surface area contributed by atoms with E-state index in [1.165, 1.54) is 6.20 Å². The highest BCUT2D eigenvalue weighted by atomic mass is 35.5. The summed E-state index contributed by atoms with van der Waals surface area (Å²) < 4.78 is 0. The largest absolute Gasteiger partial charge is 0.481 e. The standard InChI is InChI=1S/C12H15ClN2O2/c13-7-5-10(11(14)15-6-7)8-3-1-2-4-9(8)12(16)17/h5-6,8-9H,1-4H2,(H2,14,15)(H,16,17). The van der Waals surface area contributed by atoms with Crippen LogP contribution in [0.25, 0.3) is 0 Å². The van der Waals surface area contributed by atoms with Crippen LogP contribution in [-0.4, -0.2) is 16.1 Å². The highest BCUT2D eigenvalue weighted by Crippen LogP contribution is 2.40. The molecule has 2 unspecified atom stereocenters. The molecule has 0 saturated heterocycles. The van der Waals surface area contributed by atoms with Gasteiger partial charge in [0, 0.05) is 12.1 Å². The van der Waals surface area contributed by atoms with Crippen molar-refractivity contribution in [2.24, 2.45) is 5.92 Å². The van der Waals surface area contributed by atoms with Gasteiger partial charge in [0.2, 0.25) is 0 Å². The van der Waals surface area contributed by atoms with E-state index in [-0.39, 0.29) is 11.8 Å². The molecule has 1 aromatic heterocycles. The molecule has 1 saturated carbocycles. The Morgan fingerprint density at radius 2 is 2.18 bits per heavy atom. The topological polar surface area (TPSA) is 76.2 Å². The Labute approximate surface area is 105 Å². The summed E-state index contributed by atoms with van der Waals surface area (Å²) in [5.74, 6) is -0.791. The fourth-order valence-corrected chi connectivity index (χ4v) is 2.73. The Balaban J connectivity index is 2.35. The summed E-state index contributed by atoms with van der Waals surface area (Å²) in [6, 6.07) is 1.75. The molecule has 0 spiro atoms. The third kappa shape index (κ3) is 2.52. The number of nitrogens with two attached hydrogens (primary N) is 1. The van der Waals surface area contributed by atoms with Crippen molar-refractivity contribution in [1.29, 1.82) is 0 Å². The first-order valence-electron chi connectivity index (χ1n) is 5.73. The van der Waals surface area contributed by atoms with Crippen LogP contribution in [0, 0.1) is 5.92 Å².